The molecule has 0 fully saturated rings. The zero-order valence-electron chi connectivity index (χ0n) is 19.6. The van der Waals surface area contributed by atoms with Gasteiger partial charge in [0.1, 0.15) is 0 Å². The molecule has 5 aromatic rings. The molecule has 1 aromatic heterocycles. The highest BCUT2D eigenvalue weighted by molar-refractivity contribution is 6.31. The zero-order valence-corrected chi connectivity index (χ0v) is 20.4. The Morgan fingerprint density at radius 3 is 2.28 bits per heavy atom. The summed E-state index contributed by atoms with van der Waals surface area (Å²) in [7, 11) is 0. The maximum atomic E-state index is 12.8. The van der Waals surface area contributed by atoms with E-state index in [1.165, 1.54) is 0 Å². The van der Waals surface area contributed by atoms with Crippen LogP contribution in [-0.4, -0.2) is 10.9 Å². The summed E-state index contributed by atoms with van der Waals surface area (Å²) in [4.78, 5) is 27.5. The molecule has 0 saturated heterocycles. The Hall–Kier alpha value is -4.15. The fourth-order valence-corrected chi connectivity index (χ4v) is 4.49. The molecule has 0 unspecified atom stereocenters. The highest BCUT2D eigenvalue weighted by Crippen LogP contribution is 2.21. The van der Waals surface area contributed by atoms with E-state index in [-0.39, 0.29) is 11.5 Å². The molecule has 5 heteroatoms. The molecule has 4 nitrogen and oxygen atoms in total. The van der Waals surface area contributed by atoms with E-state index in [2.05, 4.69) is 40.6 Å². The lowest BCUT2D eigenvalue weighted by molar-refractivity contribution is 0.0951. The van der Waals surface area contributed by atoms with Crippen LogP contribution in [0.2, 0.25) is 5.02 Å². The number of aromatic nitrogens is 1. The number of carbonyl (C=O) groups is 1. The van der Waals surface area contributed by atoms with Gasteiger partial charge in [0.05, 0.1) is 0 Å². The van der Waals surface area contributed by atoms with Crippen LogP contribution in [0.25, 0.3) is 10.8 Å². The predicted octanol–water partition coefficient (Wildman–Crippen LogP) is 6.29. The molecule has 4 aromatic carbocycles. The van der Waals surface area contributed by atoms with E-state index < -0.39 is 0 Å². The van der Waals surface area contributed by atoms with Crippen LogP contribution in [0.15, 0.2) is 108 Å². The SMILES string of the molecule is O=C(NCc1ccc2ccc(Cl)cc2c1)c1cccc(Cc2ccc(Cc3ccc[nH]c3=O)cc2)c1. The second-order valence-electron chi connectivity index (χ2n) is 8.90. The average molecular weight is 493 g/mol. The van der Waals surface area contributed by atoms with E-state index in [4.69, 9.17) is 11.6 Å². The number of pyridine rings is 1. The van der Waals surface area contributed by atoms with Crippen LogP contribution >= 0.6 is 11.6 Å². The number of hydrogen-bond donors (Lipinski definition) is 2. The van der Waals surface area contributed by atoms with Crippen LogP contribution in [0, 0.1) is 0 Å². The van der Waals surface area contributed by atoms with Gasteiger partial charge in [-0.1, -0.05) is 72.3 Å². The summed E-state index contributed by atoms with van der Waals surface area (Å²) in [6, 6.07) is 31.6. The van der Waals surface area contributed by atoms with Crippen molar-refractivity contribution in [2.75, 3.05) is 0 Å². The van der Waals surface area contributed by atoms with E-state index in [9.17, 15) is 9.59 Å². The second-order valence-corrected chi connectivity index (χ2v) is 9.34. The number of carbonyl (C=O) groups excluding carboxylic acids is 1. The molecule has 1 heterocycles. The lowest BCUT2D eigenvalue weighted by Gasteiger charge is -2.09. The number of nitrogens with one attached hydrogen (secondary N) is 2. The molecule has 0 aliphatic rings. The fraction of sp³-hybridized carbons (Fsp3) is 0.0968. The third-order valence-electron chi connectivity index (χ3n) is 6.23. The minimum atomic E-state index is -0.105. The van der Waals surface area contributed by atoms with E-state index in [1.54, 1.807) is 6.20 Å². The van der Waals surface area contributed by atoms with Crippen LogP contribution in [0.1, 0.15) is 38.2 Å². The van der Waals surface area contributed by atoms with Crippen molar-refractivity contribution in [2.45, 2.75) is 19.4 Å². The average Bonchev–Trinajstić information content (AvgIpc) is 2.89. The fourth-order valence-electron chi connectivity index (χ4n) is 4.31. The van der Waals surface area contributed by atoms with Gasteiger partial charge >= 0.3 is 0 Å². The summed E-state index contributed by atoms with van der Waals surface area (Å²) in [5.41, 5.74) is 5.64. The van der Waals surface area contributed by atoms with Crippen molar-refractivity contribution < 1.29 is 4.79 Å². The largest absolute Gasteiger partial charge is 0.348 e. The molecule has 36 heavy (non-hydrogen) atoms. The molecule has 0 bridgehead atoms. The predicted molar refractivity (Wildman–Crippen MR) is 146 cm³/mol. The standard InChI is InChI=1S/C31H25ClN2O2/c32-29-13-12-25-11-10-24(18-28(25)19-29)20-34-31(36)26-4-1-3-23(17-26)15-21-6-8-22(9-7-21)16-27-5-2-14-33-30(27)35/h1-14,17-19H,15-16,20H2,(H,33,35)(H,34,36). The van der Waals surface area contributed by atoms with Gasteiger partial charge in [-0.2, -0.15) is 0 Å². The van der Waals surface area contributed by atoms with Crippen molar-refractivity contribution in [2.24, 2.45) is 0 Å². The van der Waals surface area contributed by atoms with Gasteiger partial charge in [-0.25, -0.2) is 0 Å². The Morgan fingerprint density at radius 2 is 1.47 bits per heavy atom. The van der Waals surface area contributed by atoms with Crippen molar-refractivity contribution in [3.63, 3.8) is 0 Å². The molecule has 0 aliphatic heterocycles. The van der Waals surface area contributed by atoms with Crippen LogP contribution in [-0.2, 0) is 19.4 Å². The first kappa shape index (κ1) is 23.6. The molecule has 1 amide bonds. The van der Waals surface area contributed by atoms with Gasteiger partial charge in [-0.05, 0) is 75.8 Å². The molecule has 0 radical (unpaired) electrons. The lowest BCUT2D eigenvalue weighted by Crippen LogP contribution is -2.22. The maximum Gasteiger partial charge on any atom is 0.251 e. The Kier molecular flexibility index (Phi) is 6.96. The highest BCUT2D eigenvalue weighted by Gasteiger charge is 2.08. The Balaban J connectivity index is 1.22. The van der Waals surface area contributed by atoms with Crippen LogP contribution in [0.3, 0.4) is 0 Å². The summed E-state index contributed by atoms with van der Waals surface area (Å²) >= 11 is 6.12. The van der Waals surface area contributed by atoms with Gasteiger partial charge in [-0.3, -0.25) is 9.59 Å². The first-order valence-electron chi connectivity index (χ1n) is 11.8. The monoisotopic (exact) mass is 492 g/mol. The van der Waals surface area contributed by atoms with Crippen molar-refractivity contribution in [1.82, 2.24) is 10.3 Å². The minimum Gasteiger partial charge on any atom is -0.348 e. The van der Waals surface area contributed by atoms with Crippen LogP contribution < -0.4 is 10.9 Å². The number of rotatable bonds is 7. The van der Waals surface area contributed by atoms with Crippen LogP contribution in [0.4, 0.5) is 0 Å². The van der Waals surface area contributed by atoms with Crippen molar-refractivity contribution >= 4 is 28.3 Å². The topological polar surface area (TPSA) is 62.0 Å². The number of hydrogen-bond acceptors (Lipinski definition) is 2. The lowest BCUT2D eigenvalue weighted by atomic mass is 9.99. The number of amides is 1. The molecule has 2 N–H and O–H groups in total. The van der Waals surface area contributed by atoms with E-state index in [0.717, 1.165) is 45.0 Å². The second kappa shape index (κ2) is 10.6. The molecule has 178 valence electrons. The third kappa shape index (κ3) is 5.73. The van der Waals surface area contributed by atoms with Gasteiger partial charge in [-0.15, -0.1) is 0 Å². The van der Waals surface area contributed by atoms with Gasteiger partial charge in [0.25, 0.3) is 11.5 Å². The highest BCUT2D eigenvalue weighted by atomic mass is 35.5. The van der Waals surface area contributed by atoms with Crippen molar-refractivity contribution in [1.29, 1.82) is 0 Å². The summed E-state index contributed by atoms with van der Waals surface area (Å²) in [6.07, 6.45) is 2.96. The molecule has 0 aliphatic carbocycles. The van der Waals surface area contributed by atoms with Gasteiger partial charge in [0.15, 0.2) is 0 Å². The molecule has 0 atom stereocenters. The van der Waals surface area contributed by atoms with Gasteiger partial charge < -0.3 is 10.3 Å². The molecule has 0 saturated carbocycles. The maximum absolute atomic E-state index is 12.8. The summed E-state index contributed by atoms with van der Waals surface area (Å²) < 4.78 is 0. The number of halogens is 1. The van der Waals surface area contributed by atoms with Crippen molar-refractivity contribution in [3.05, 3.63) is 152 Å². The van der Waals surface area contributed by atoms with Gasteiger partial charge in [0, 0.05) is 35.3 Å². The normalized spacial score (nSPS) is 10.9. The first-order chi connectivity index (χ1) is 17.5. The zero-order chi connectivity index (χ0) is 24.9. The summed E-state index contributed by atoms with van der Waals surface area (Å²) in [5.74, 6) is -0.105. The third-order valence-corrected chi connectivity index (χ3v) is 6.47. The Morgan fingerprint density at radius 1 is 0.722 bits per heavy atom. The smallest absolute Gasteiger partial charge is 0.251 e. The molecule has 0 spiro atoms. The summed E-state index contributed by atoms with van der Waals surface area (Å²) in [6.45, 7) is 0.442. The number of H-pyrrole nitrogens is 1. The molecular weight excluding hydrogens is 468 g/mol. The summed E-state index contributed by atoms with van der Waals surface area (Å²) in [5, 5.41) is 5.89. The Bertz CT molecular complexity index is 1590. The van der Waals surface area contributed by atoms with Gasteiger partial charge in [0.2, 0.25) is 0 Å². The van der Waals surface area contributed by atoms with E-state index in [0.29, 0.717) is 23.6 Å². The number of fused-ring (bicyclic) bond motifs is 1. The van der Waals surface area contributed by atoms with E-state index >= 15 is 0 Å². The molecule has 5 rings (SSSR count). The first-order valence-corrected chi connectivity index (χ1v) is 12.2. The molecular formula is C31H25ClN2O2. The Labute approximate surface area is 214 Å². The van der Waals surface area contributed by atoms with Crippen molar-refractivity contribution in [3.8, 4) is 0 Å². The number of benzene rings is 4. The quantitative estimate of drug-likeness (QED) is 0.280. The number of aromatic amines is 1. The van der Waals surface area contributed by atoms with Crippen LogP contribution in [0.5, 0.6) is 0 Å². The van der Waals surface area contributed by atoms with E-state index in [1.807, 2.05) is 66.7 Å². The minimum absolute atomic E-state index is 0.0540.